The highest BCUT2D eigenvalue weighted by Gasteiger charge is 2.33. The van der Waals surface area contributed by atoms with Crippen LogP contribution in [0.5, 0.6) is 0 Å². The monoisotopic (exact) mass is 201 g/mol. The Labute approximate surface area is 84.6 Å². The smallest absolute Gasteiger partial charge is 0.312 e. The van der Waals surface area contributed by atoms with Crippen molar-refractivity contribution in [2.45, 2.75) is 27.2 Å². The third kappa shape index (κ3) is 3.36. The summed E-state index contributed by atoms with van der Waals surface area (Å²) in [6.45, 7) is 5.10. The molecule has 1 radical (unpaired) electrons. The van der Waals surface area contributed by atoms with Crippen molar-refractivity contribution in [2.24, 2.45) is 5.41 Å². The van der Waals surface area contributed by atoms with Gasteiger partial charge < -0.3 is 9.47 Å². The molecule has 0 aliphatic rings. The third-order valence-electron chi connectivity index (χ3n) is 1.98. The lowest BCUT2D eigenvalue weighted by Crippen LogP contribution is -2.29. The first-order chi connectivity index (χ1) is 6.35. The molecule has 0 bridgehead atoms. The summed E-state index contributed by atoms with van der Waals surface area (Å²) in [4.78, 5) is 22.4. The van der Waals surface area contributed by atoms with Gasteiger partial charge in [0.25, 0.3) is 0 Å². The lowest BCUT2D eigenvalue weighted by atomic mass is 9.83. The van der Waals surface area contributed by atoms with Gasteiger partial charge in [-0.25, -0.2) is 0 Å². The molecule has 0 aromatic carbocycles. The molecule has 0 saturated carbocycles. The SMILES string of the molecule is COC(=O)[C](C)CC(C)(C)C(=O)OC. The van der Waals surface area contributed by atoms with E-state index in [0.29, 0.717) is 12.3 Å². The van der Waals surface area contributed by atoms with E-state index in [0.717, 1.165) is 0 Å². The predicted octanol–water partition coefficient (Wildman–Crippen LogP) is 1.34. The fraction of sp³-hybridized carbons (Fsp3) is 0.700. The number of ether oxygens (including phenoxy) is 2. The number of hydrogen-bond acceptors (Lipinski definition) is 4. The lowest BCUT2D eigenvalue weighted by Gasteiger charge is -2.23. The van der Waals surface area contributed by atoms with Crippen LogP contribution in [0.2, 0.25) is 0 Å². The van der Waals surface area contributed by atoms with Gasteiger partial charge in [0.1, 0.15) is 0 Å². The summed E-state index contributed by atoms with van der Waals surface area (Å²) in [7, 11) is 2.65. The standard InChI is InChI=1S/C10H17O4/c1-7(8(11)13-4)6-10(2,3)9(12)14-5/h6H2,1-5H3. The molecular formula is C10H17O4. The Morgan fingerprint density at radius 2 is 1.64 bits per heavy atom. The molecule has 0 aromatic rings. The van der Waals surface area contributed by atoms with E-state index in [2.05, 4.69) is 9.47 Å². The average molecular weight is 201 g/mol. The minimum absolute atomic E-state index is 0.333. The van der Waals surface area contributed by atoms with Crippen LogP contribution in [-0.4, -0.2) is 26.2 Å². The highest BCUT2D eigenvalue weighted by Crippen LogP contribution is 2.28. The van der Waals surface area contributed by atoms with Crippen LogP contribution < -0.4 is 0 Å². The topological polar surface area (TPSA) is 52.6 Å². The Hall–Kier alpha value is -1.06. The minimum atomic E-state index is -0.687. The normalized spacial score (nSPS) is 11.3. The van der Waals surface area contributed by atoms with Crippen LogP contribution in [0.1, 0.15) is 27.2 Å². The maximum Gasteiger partial charge on any atom is 0.312 e. The van der Waals surface area contributed by atoms with Crippen LogP contribution in [0.15, 0.2) is 0 Å². The van der Waals surface area contributed by atoms with Crippen molar-refractivity contribution < 1.29 is 19.1 Å². The molecular weight excluding hydrogens is 184 g/mol. The second kappa shape index (κ2) is 4.98. The summed E-state index contributed by atoms with van der Waals surface area (Å²) in [6, 6.07) is 0. The zero-order valence-electron chi connectivity index (χ0n) is 9.34. The number of rotatable bonds is 4. The molecule has 0 aliphatic carbocycles. The summed E-state index contributed by atoms with van der Waals surface area (Å²) in [5.41, 5.74) is -0.687. The first-order valence-electron chi connectivity index (χ1n) is 4.34. The molecule has 0 heterocycles. The first kappa shape index (κ1) is 12.9. The van der Waals surface area contributed by atoms with Crippen LogP contribution in [-0.2, 0) is 19.1 Å². The van der Waals surface area contributed by atoms with E-state index >= 15 is 0 Å². The molecule has 4 nitrogen and oxygen atoms in total. The second-order valence-electron chi connectivity index (χ2n) is 3.82. The van der Waals surface area contributed by atoms with Gasteiger partial charge in [0.2, 0.25) is 0 Å². The molecule has 14 heavy (non-hydrogen) atoms. The van der Waals surface area contributed by atoms with E-state index < -0.39 is 5.41 Å². The van der Waals surface area contributed by atoms with Gasteiger partial charge >= 0.3 is 11.9 Å². The molecule has 0 spiro atoms. The van der Waals surface area contributed by atoms with Gasteiger partial charge in [0.15, 0.2) is 0 Å². The molecule has 81 valence electrons. The molecule has 0 N–H and O–H groups in total. The largest absolute Gasteiger partial charge is 0.469 e. The number of hydrogen-bond donors (Lipinski definition) is 0. The summed E-state index contributed by atoms with van der Waals surface area (Å²) in [5, 5.41) is 0. The van der Waals surface area contributed by atoms with Crippen LogP contribution >= 0.6 is 0 Å². The van der Waals surface area contributed by atoms with Crippen molar-refractivity contribution in [1.82, 2.24) is 0 Å². The van der Waals surface area contributed by atoms with Gasteiger partial charge in [-0.2, -0.15) is 0 Å². The fourth-order valence-electron chi connectivity index (χ4n) is 1.26. The molecule has 0 saturated heterocycles. The zero-order valence-corrected chi connectivity index (χ0v) is 9.34. The molecule has 0 rings (SSSR count). The number of carbonyl (C=O) groups excluding carboxylic acids is 2. The van der Waals surface area contributed by atoms with Gasteiger partial charge in [0.05, 0.1) is 25.6 Å². The third-order valence-corrected chi connectivity index (χ3v) is 1.98. The molecule has 0 aromatic heterocycles. The van der Waals surface area contributed by atoms with E-state index in [1.54, 1.807) is 20.8 Å². The van der Waals surface area contributed by atoms with E-state index in [1.165, 1.54) is 14.2 Å². The average Bonchev–Trinajstić information content (AvgIpc) is 2.14. The van der Waals surface area contributed by atoms with Crippen molar-refractivity contribution in [3.8, 4) is 0 Å². The maximum absolute atomic E-state index is 11.3. The lowest BCUT2D eigenvalue weighted by molar-refractivity contribution is -0.151. The Morgan fingerprint density at radius 1 is 1.14 bits per heavy atom. The summed E-state index contributed by atoms with van der Waals surface area (Å²) >= 11 is 0. The molecule has 0 aliphatic heterocycles. The van der Waals surface area contributed by atoms with Crippen molar-refractivity contribution >= 4 is 11.9 Å². The Bertz CT molecular complexity index is 220. The molecule has 0 unspecified atom stereocenters. The molecule has 4 heteroatoms. The van der Waals surface area contributed by atoms with E-state index in [-0.39, 0.29) is 11.9 Å². The number of carbonyl (C=O) groups is 2. The predicted molar refractivity (Wildman–Crippen MR) is 51.3 cm³/mol. The molecule has 0 atom stereocenters. The minimum Gasteiger partial charge on any atom is -0.469 e. The Kier molecular flexibility index (Phi) is 4.60. The summed E-state index contributed by atoms with van der Waals surface area (Å²) in [6.07, 6.45) is 0.340. The highest BCUT2D eigenvalue weighted by molar-refractivity contribution is 5.86. The fourth-order valence-corrected chi connectivity index (χ4v) is 1.26. The molecule has 0 amide bonds. The Balaban J connectivity index is 4.35. The maximum atomic E-state index is 11.3. The Morgan fingerprint density at radius 3 is 2.00 bits per heavy atom. The van der Waals surface area contributed by atoms with E-state index in [4.69, 9.17) is 0 Å². The molecule has 0 fully saturated rings. The van der Waals surface area contributed by atoms with Crippen molar-refractivity contribution in [3.63, 3.8) is 0 Å². The van der Waals surface area contributed by atoms with Gasteiger partial charge in [-0.15, -0.1) is 0 Å². The van der Waals surface area contributed by atoms with Gasteiger partial charge in [-0.05, 0) is 27.2 Å². The van der Waals surface area contributed by atoms with Crippen LogP contribution in [0.4, 0.5) is 0 Å². The van der Waals surface area contributed by atoms with Gasteiger partial charge in [-0.1, -0.05) is 0 Å². The van der Waals surface area contributed by atoms with Crippen LogP contribution in [0.3, 0.4) is 0 Å². The second-order valence-corrected chi connectivity index (χ2v) is 3.82. The van der Waals surface area contributed by atoms with Crippen molar-refractivity contribution in [2.75, 3.05) is 14.2 Å². The number of methoxy groups -OCH3 is 2. The van der Waals surface area contributed by atoms with Gasteiger partial charge in [-0.3, -0.25) is 9.59 Å². The van der Waals surface area contributed by atoms with E-state index in [1.807, 2.05) is 0 Å². The van der Waals surface area contributed by atoms with Crippen LogP contribution in [0.25, 0.3) is 0 Å². The van der Waals surface area contributed by atoms with Crippen molar-refractivity contribution in [3.05, 3.63) is 5.92 Å². The quantitative estimate of drug-likeness (QED) is 0.644. The van der Waals surface area contributed by atoms with Crippen LogP contribution in [0, 0.1) is 11.3 Å². The summed E-state index contributed by atoms with van der Waals surface area (Å²) < 4.78 is 9.17. The highest BCUT2D eigenvalue weighted by atomic mass is 16.5. The van der Waals surface area contributed by atoms with E-state index in [9.17, 15) is 9.59 Å². The van der Waals surface area contributed by atoms with Crippen molar-refractivity contribution in [1.29, 1.82) is 0 Å². The number of esters is 2. The first-order valence-corrected chi connectivity index (χ1v) is 4.34. The summed E-state index contributed by atoms with van der Waals surface area (Å²) in [5.74, 6) is -0.203. The zero-order chi connectivity index (χ0) is 11.4. The van der Waals surface area contributed by atoms with Gasteiger partial charge in [0, 0.05) is 0 Å².